The largest absolute Gasteiger partial charge is 0.370 e. The van der Waals surface area contributed by atoms with Gasteiger partial charge < -0.3 is 9.80 Å². The molecule has 0 aliphatic heterocycles. The van der Waals surface area contributed by atoms with Gasteiger partial charge >= 0.3 is 0 Å². The number of benzene rings is 1. The lowest BCUT2D eigenvalue weighted by Crippen LogP contribution is -2.32. The monoisotopic (exact) mass is 249 g/mol. The van der Waals surface area contributed by atoms with Gasteiger partial charge in [0.25, 0.3) is 0 Å². The van der Waals surface area contributed by atoms with E-state index in [0.717, 1.165) is 31.7 Å². The van der Waals surface area contributed by atoms with Gasteiger partial charge in [-0.25, -0.2) is 4.39 Å². The van der Waals surface area contributed by atoms with Crippen molar-refractivity contribution in [2.24, 2.45) is 0 Å². The number of rotatable bonds is 6. The number of hydrogen-bond acceptors (Lipinski definition) is 3. The fourth-order valence-electron chi connectivity index (χ4n) is 1.78. The van der Waals surface area contributed by atoms with Gasteiger partial charge in [0.1, 0.15) is 5.82 Å². The van der Waals surface area contributed by atoms with Crippen molar-refractivity contribution >= 4 is 5.69 Å². The lowest BCUT2D eigenvalue weighted by Gasteiger charge is -2.26. The maximum Gasteiger partial charge on any atom is 0.126 e. The van der Waals surface area contributed by atoms with Crippen molar-refractivity contribution in [3.05, 3.63) is 29.6 Å². The molecule has 0 heterocycles. The SMILES string of the molecule is CCCN(CCN(C)C)c1cc(F)cc(C#N)c1. The van der Waals surface area contributed by atoms with Crippen LogP contribution >= 0.6 is 0 Å². The molecule has 0 unspecified atom stereocenters. The molecule has 98 valence electrons. The van der Waals surface area contributed by atoms with Gasteiger partial charge in [0, 0.05) is 25.3 Å². The quantitative estimate of drug-likeness (QED) is 0.776. The summed E-state index contributed by atoms with van der Waals surface area (Å²) in [7, 11) is 4.02. The highest BCUT2D eigenvalue weighted by Crippen LogP contribution is 2.18. The third kappa shape index (κ3) is 4.34. The molecule has 1 aromatic rings. The van der Waals surface area contributed by atoms with E-state index in [4.69, 9.17) is 5.26 Å². The van der Waals surface area contributed by atoms with Gasteiger partial charge in [0.05, 0.1) is 11.6 Å². The van der Waals surface area contributed by atoms with Gasteiger partial charge in [0.2, 0.25) is 0 Å². The summed E-state index contributed by atoms with van der Waals surface area (Å²) >= 11 is 0. The second-order valence-corrected chi connectivity index (χ2v) is 4.60. The van der Waals surface area contributed by atoms with E-state index in [0.29, 0.717) is 5.56 Å². The molecule has 0 bridgehead atoms. The van der Waals surface area contributed by atoms with Crippen LogP contribution in [0.15, 0.2) is 18.2 Å². The van der Waals surface area contributed by atoms with Gasteiger partial charge in [-0.2, -0.15) is 5.26 Å². The Kier molecular flexibility index (Phi) is 5.60. The van der Waals surface area contributed by atoms with Crippen LogP contribution < -0.4 is 4.90 Å². The maximum atomic E-state index is 13.4. The van der Waals surface area contributed by atoms with Gasteiger partial charge in [-0.1, -0.05) is 6.92 Å². The molecule has 0 aliphatic rings. The highest BCUT2D eigenvalue weighted by Gasteiger charge is 2.09. The van der Waals surface area contributed by atoms with E-state index in [2.05, 4.69) is 16.7 Å². The molecule has 0 radical (unpaired) electrons. The zero-order valence-electron chi connectivity index (χ0n) is 11.3. The van der Waals surface area contributed by atoms with E-state index in [9.17, 15) is 4.39 Å². The first kappa shape index (κ1) is 14.5. The van der Waals surface area contributed by atoms with E-state index >= 15 is 0 Å². The minimum atomic E-state index is -0.352. The average Bonchev–Trinajstić information content (AvgIpc) is 2.33. The molecule has 0 fully saturated rings. The van der Waals surface area contributed by atoms with Crippen LogP contribution in [-0.2, 0) is 0 Å². The van der Waals surface area contributed by atoms with Crippen molar-refractivity contribution in [3.63, 3.8) is 0 Å². The molecule has 0 N–H and O–H groups in total. The first-order chi connectivity index (χ1) is 8.56. The molecular weight excluding hydrogens is 229 g/mol. The Morgan fingerprint density at radius 2 is 1.89 bits per heavy atom. The Morgan fingerprint density at radius 3 is 2.44 bits per heavy atom. The fourth-order valence-corrected chi connectivity index (χ4v) is 1.78. The van der Waals surface area contributed by atoms with Crippen LogP contribution in [0.5, 0.6) is 0 Å². The molecule has 3 nitrogen and oxygen atoms in total. The molecule has 1 rings (SSSR count). The Hall–Kier alpha value is -1.60. The van der Waals surface area contributed by atoms with E-state index in [1.807, 2.05) is 20.2 Å². The topological polar surface area (TPSA) is 30.3 Å². The van der Waals surface area contributed by atoms with Crippen LogP contribution in [-0.4, -0.2) is 38.6 Å². The standard InChI is InChI=1S/C14H20FN3/c1-4-5-18(7-6-17(2)3)14-9-12(11-16)8-13(15)10-14/h8-10H,4-7H2,1-3H3. The van der Waals surface area contributed by atoms with Crippen LogP contribution in [0, 0.1) is 17.1 Å². The normalized spacial score (nSPS) is 10.4. The van der Waals surface area contributed by atoms with Crippen LogP contribution in [0.3, 0.4) is 0 Å². The fraction of sp³-hybridized carbons (Fsp3) is 0.500. The van der Waals surface area contributed by atoms with E-state index < -0.39 is 0 Å². The van der Waals surface area contributed by atoms with Gasteiger partial charge in [-0.15, -0.1) is 0 Å². The van der Waals surface area contributed by atoms with Gasteiger partial charge in [-0.05, 0) is 38.7 Å². The number of nitrogens with zero attached hydrogens (tertiary/aromatic N) is 3. The van der Waals surface area contributed by atoms with E-state index in [1.54, 1.807) is 6.07 Å². The van der Waals surface area contributed by atoms with Gasteiger partial charge in [-0.3, -0.25) is 0 Å². The zero-order chi connectivity index (χ0) is 13.5. The molecule has 0 saturated heterocycles. The molecular formula is C14H20FN3. The Labute approximate surface area is 108 Å². The second kappa shape index (κ2) is 6.97. The third-order valence-corrected chi connectivity index (χ3v) is 2.69. The molecule has 18 heavy (non-hydrogen) atoms. The smallest absolute Gasteiger partial charge is 0.126 e. The molecule has 0 saturated carbocycles. The summed E-state index contributed by atoms with van der Waals surface area (Å²) in [5, 5.41) is 8.87. The third-order valence-electron chi connectivity index (χ3n) is 2.69. The minimum absolute atomic E-state index is 0.352. The summed E-state index contributed by atoms with van der Waals surface area (Å²) in [6.45, 7) is 4.68. The number of halogens is 1. The Balaban J connectivity index is 2.90. The number of anilines is 1. The van der Waals surface area contributed by atoms with Crippen molar-refractivity contribution in [2.75, 3.05) is 38.6 Å². The molecule has 4 heteroatoms. The Morgan fingerprint density at radius 1 is 1.17 bits per heavy atom. The summed E-state index contributed by atoms with van der Waals surface area (Å²) in [6, 6.07) is 6.49. The van der Waals surface area contributed by atoms with Crippen LogP contribution in [0.25, 0.3) is 0 Å². The predicted molar refractivity (Wildman–Crippen MR) is 72.2 cm³/mol. The van der Waals surface area contributed by atoms with Crippen LogP contribution in [0.4, 0.5) is 10.1 Å². The summed E-state index contributed by atoms with van der Waals surface area (Å²) in [4.78, 5) is 4.21. The predicted octanol–water partition coefficient (Wildman–Crippen LogP) is 2.48. The Bertz CT molecular complexity index is 424. The minimum Gasteiger partial charge on any atom is -0.370 e. The summed E-state index contributed by atoms with van der Waals surface area (Å²) < 4.78 is 13.4. The molecule has 0 aromatic heterocycles. The van der Waals surface area contributed by atoms with Crippen molar-refractivity contribution in [2.45, 2.75) is 13.3 Å². The highest BCUT2D eigenvalue weighted by atomic mass is 19.1. The van der Waals surface area contributed by atoms with E-state index in [-0.39, 0.29) is 5.82 Å². The summed E-state index contributed by atoms with van der Waals surface area (Å²) in [5.41, 5.74) is 1.16. The van der Waals surface area contributed by atoms with Crippen molar-refractivity contribution in [1.82, 2.24) is 4.90 Å². The number of nitriles is 1. The summed E-state index contributed by atoms with van der Waals surface area (Å²) in [5.74, 6) is -0.352. The van der Waals surface area contributed by atoms with Crippen molar-refractivity contribution in [3.8, 4) is 6.07 Å². The average molecular weight is 249 g/mol. The molecule has 0 aliphatic carbocycles. The molecule has 0 atom stereocenters. The lowest BCUT2D eigenvalue weighted by atomic mass is 10.2. The number of likely N-dealkylation sites (N-methyl/N-ethyl adjacent to an activating group) is 1. The molecule has 0 amide bonds. The molecule has 0 spiro atoms. The first-order valence-corrected chi connectivity index (χ1v) is 6.17. The first-order valence-electron chi connectivity index (χ1n) is 6.17. The maximum absolute atomic E-state index is 13.4. The van der Waals surface area contributed by atoms with E-state index in [1.165, 1.54) is 12.1 Å². The second-order valence-electron chi connectivity index (χ2n) is 4.60. The van der Waals surface area contributed by atoms with Crippen molar-refractivity contribution < 1.29 is 4.39 Å². The van der Waals surface area contributed by atoms with Crippen molar-refractivity contribution in [1.29, 1.82) is 5.26 Å². The zero-order valence-corrected chi connectivity index (χ0v) is 11.3. The van der Waals surface area contributed by atoms with Gasteiger partial charge in [0.15, 0.2) is 0 Å². The van der Waals surface area contributed by atoms with Crippen LogP contribution in [0.1, 0.15) is 18.9 Å². The van der Waals surface area contributed by atoms with Crippen LogP contribution in [0.2, 0.25) is 0 Å². The summed E-state index contributed by atoms with van der Waals surface area (Å²) in [6.07, 6.45) is 0.992. The molecule has 1 aromatic carbocycles. The number of hydrogen-bond donors (Lipinski definition) is 0. The lowest BCUT2D eigenvalue weighted by molar-refractivity contribution is 0.413. The highest BCUT2D eigenvalue weighted by molar-refractivity contribution is 5.52.